The molecular weight excluding hydrogens is 251 g/mol. The summed E-state index contributed by atoms with van der Waals surface area (Å²) >= 11 is 0. The SMILES string of the molecule is CC1(C)OC[C@@H]([C@@]2(O)CCc3cc(F)ccc3O2)O1. The van der Waals surface area contributed by atoms with Gasteiger partial charge < -0.3 is 19.3 Å². The molecule has 1 fully saturated rings. The highest BCUT2D eigenvalue weighted by Crippen LogP contribution is 2.38. The number of rotatable bonds is 1. The van der Waals surface area contributed by atoms with E-state index in [0.717, 1.165) is 5.56 Å². The van der Waals surface area contributed by atoms with E-state index in [1.807, 2.05) is 0 Å². The van der Waals surface area contributed by atoms with Crippen molar-refractivity contribution < 1.29 is 23.7 Å². The summed E-state index contributed by atoms with van der Waals surface area (Å²) in [5.41, 5.74) is 0.767. The monoisotopic (exact) mass is 268 g/mol. The van der Waals surface area contributed by atoms with E-state index < -0.39 is 17.7 Å². The molecule has 2 atom stereocenters. The van der Waals surface area contributed by atoms with E-state index in [9.17, 15) is 9.50 Å². The van der Waals surface area contributed by atoms with Gasteiger partial charge in [-0.1, -0.05) is 0 Å². The molecule has 2 aliphatic rings. The van der Waals surface area contributed by atoms with Gasteiger partial charge in [-0.25, -0.2) is 4.39 Å². The molecule has 0 aliphatic carbocycles. The van der Waals surface area contributed by atoms with Gasteiger partial charge in [0.05, 0.1) is 6.61 Å². The lowest BCUT2D eigenvalue weighted by Crippen LogP contribution is -2.51. The number of benzene rings is 1. The summed E-state index contributed by atoms with van der Waals surface area (Å²) in [4.78, 5) is 0. The number of aryl methyl sites for hydroxylation is 1. The van der Waals surface area contributed by atoms with Crippen molar-refractivity contribution in [2.75, 3.05) is 6.61 Å². The molecule has 4 nitrogen and oxygen atoms in total. The van der Waals surface area contributed by atoms with Crippen LogP contribution in [0.1, 0.15) is 25.8 Å². The molecule has 0 spiro atoms. The lowest BCUT2D eigenvalue weighted by Gasteiger charge is -2.37. The smallest absolute Gasteiger partial charge is 0.237 e. The highest BCUT2D eigenvalue weighted by Gasteiger charge is 2.49. The van der Waals surface area contributed by atoms with Crippen molar-refractivity contribution in [1.82, 2.24) is 0 Å². The normalized spacial score (nSPS) is 32.7. The molecule has 0 amide bonds. The predicted octanol–water partition coefficient (Wildman–Crippen LogP) is 1.99. The summed E-state index contributed by atoms with van der Waals surface area (Å²) in [5, 5.41) is 10.6. The van der Waals surface area contributed by atoms with Gasteiger partial charge in [0.2, 0.25) is 5.79 Å². The molecule has 2 heterocycles. The Balaban J connectivity index is 1.82. The first-order valence-electron chi connectivity index (χ1n) is 6.40. The first-order chi connectivity index (χ1) is 8.88. The Morgan fingerprint density at radius 2 is 2.16 bits per heavy atom. The van der Waals surface area contributed by atoms with Gasteiger partial charge in [0.15, 0.2) is 5.79 Å². The minimum Gasteiger partial charge on any atom is -0.459 e. The van der Waals surface area contributed by atoms with Gasteiger partial charge in [0.25, 0.3) is 0 Å². The first-order valence-corrected chi connectivity index (χ1v) is 6.40. The van der Waals surface area contributed by atoms with Gasteiger partial charge in [-0.05, 0) is 44.0 Å². The maximum Gasteiger partial charge on any atom is 0.237 e. The lowest BCUT2D eigenvalue weighted by atomic mass is 9.96. The van der Waals surface area contributed by atoms with Crippen LogP contribution in [-0.2, 0) is 15.9 Å². The van der Waals surface area contributed by atoms with Gasteiger partial charge in [0.1, 0.15) is 17.7 Å². The Hall–Kier alpha value is -1.17. The molecule has 1 N–H and O–H groups in total. The van der Waals surface area contributed by atoms with Crippen LogP contribution in [0.3, 0.4) is 0 Å². The summed E-state index contributed by atoms with van der Waals surface area (Å²) in [6, 6.07) is 4.29. The zero-order valence-corrected chi connectivity index (χ0v) is 11.0. The van der Waals surface area contributed by atoms with Crippen molar-refractivity contribution in [2.45, 2.75) is 44.4 Å². The van der Waals surface area contributed by atoms with Crippen molar-refractivity contribution in [3.05, 3.63) is 29.6 Å². The Morgan fingerprint density at radius 1 is 1.37 bits per heavy atom. The molecule has 2 aliphatic heterocycles. The number of ether oxygens (including phenoxy) is 3. The quantitative estimate of drug-likeness (QED) is 0.846. The zero-order chi connectivity index (χ0) is 13.7. The van der Waals surface area contributed by atoms with Crippen LogP contribution in [0.5, 0.6) is 5.75 Å². The van der Waals surface area contributed by atoms with Crippen LogP contribution < -0.4 is 4.74 Å². The summed E-state index contributed by atoms with van der Waals surface area (Å²) < 4.78 is 29.9. The van der Waals surface area contributed by atoms with Crippen molar-refractivity contribution in [2.24, 2.45) is 0 Å². The molecule has 3 rings (SSSR count). The Kier molecular flexibility index (Phi) is 2.81. The predicted molar refractivity (Wildman–Crippen MR) is 65.2 cm³/mol. The van der Waals surface area contributed by atoms with Crippen molar-refractivity contribution in [3.8, 4) is 5.75 Å². The summed E-state index contributed by atoms with van der Waals surface area (Å²) in [6.45, 7) is 3.87. The molecule has 1 aromatic rings. The van der Waals surface area contributed by atoms with Crippen molar-refractivity contribution in [1.29, 1.82) is 0 Å². The van der Waals surface area contributed by atoms with E-state index >= 15 is 0 Å². The van der Waals surface area contributed by atoms with E-state index in [0.29, 0.717) is 18.6 Å². The topological polar surface area (TPSA) is 47.9 Å². The third-order valence-electron chi connectivity index (χ3n) is 3.57. The fourth-order valence-corrected chi connectivity index (χ4v) is 2.53. The largest absolute Gasteiger partial charge is 0.459 e. The van der Waals surface area contributed by atoms with Gasteiger partial charge in [-0.2, -0.15) is 0 Å². The van der Waals surface area contributed by atoms with Crippen LogP contribution in [0, 0.1) is 5.82 Å². The standard InChI is InChI=1S/C14H17FO4/c1-13(2)17-8-12(19-13)14(16)6-5-9-7-10(15)3-4-11(9)18-14/h3-4,7,12,16H,5-6,8H2,1-2H3/t12-,14+/m0/s1. The van der Waals surface area contributed by atoms with E-state index in [-0.39, 0.29) is 12.4 Å². The molecular formula is C14H17FO4. The van der Waals surface area contributed by atoms with Crippen molar-refractivity contribution in [3.63, 3.8) is 0 Å². The molecule has 5 heteroatoms. The summed E-state index contributed by atoms with van der Waals surface area (Å²) in [6.07, 6.45) is 0.359. The minimum atomic E-state index is -1.42. The number of fused-ring (bicyclic) bond motifs is 1. The average Bonchev–Trinajstić information content (AvgIpc) is 2.71. The molecule has 1 aromatic carbocycles. The average molecular weight is 268 g/mol. The molecule has 0 unspecified atom stereocenters. The molecule has 104 valence electrons. The van der Waals surface area contributed by atoms with E-state index in [1.165, 1.54) is 18.2 Å². The summed E-state index contributed by atoms with van der Waals surface area (Å²) in [5.74, 6) is -1.93. The molecule has 0 radical (unpaired) electrons. The third kappa shape index (κ3) is 2.33. The van der Waals surface area contributed by atoms with Gasteiger partial charge in [-0.3, -0.25) is 0 Å². The maximum absolute atomic E-state index is 13.1. The molecule has 19 heavy (non-hydrogen) atoms. The third-order valence-corrected chi connectivity index (χ3v) is 3.57. The van der Waals surface area contributed by atoms with Gasteiger partial charge in [0, 0.05) is 6.42 Å². The van der Waals surface area contributed by atoms with E-state index in [2.05, 4.69) is 0 Å². The van der Waals surface area contributed by atoms with E-state index in [4.69, 9.17) is 14.2 Å². The molecule has 0 bridgehead atoms. The van der Waals surface area contributed by atoms with Crippen LogP contribution in [0.25, 0.3) is 0 Å². The van der Waals surface area contributed by atoms with Crippen LogP contribution >= 0.6 is 0 Å². The number of aliphatic hydroxyl groups is 1. The minimum absolute atomic E-state index is 0.278. The summed E-state index contributed by atoms with van der Waals surface area (Å²) in [7, 11) is 0. The van der Waals surface area contributed by atoms with Crippen LogP contribution in [-0.4, -0.2) is 29.4 Å². The number of hydrogen-bond donors (Lipinski definition) is 1. The molecule has 0 saturated carbocycles. The number of hydrogen-bond acceptors (Lipinski definition) is 4. The van der Waals surface area contributed by atoms with Crippen LogP contribution in [0.2, 0.25) is 0 Å². The Labute approximate surface area is 111 Å². The van der Waals surface area contributed by atoms with E-state index in [1.54, 1.807) is 13.8 Å². The maximum atomic E-state index is 13.1. The molecule has 1 saturated heterocycles. The fourth-order valence-electron chi connectivity index (χ4n) is 2.53. The second kappa shape index (κ2) is 4.16. The van der Waals surface area contributed by atoms with Crippen molar-refractivity contribution >= 4 is 0 Å². The molecule has 0 aromatic heterocycles. The zero-order valence-electron chi connectivity index (χ0n) is 11.0. The first kappa shape index (κ1) is 12.8. The van der Waals surface area contributed by atoms with Crippen LogP contribution in [0.4, 0.5) is 4.39 Å². The van der Waals surface area contributed by atoms with Crippen LogP contribution in [0.15, 0.2) is 18.2 Å². The highest BCUT2D eigenvalue weighted by molar-refractivity contribution is 5.36. The fraction of sp³-hybridized carbons (Fsp3) is 0.571. The number of halogens is 1. The Morgan fingerprint density at radius 3 is 2.84 bits per heavy atom. The highest BCUT2D eigenvalue weighted by atomic mass is 19.1. The van der Waals surface area contributed by atoms with Gasteiger partial charge >= 0.3 is 0 Å². The van der Waals surface area contributed by atoms with Gasteiger partial charge in [-0.15, -0.1) is 0 Å². The second-order valence-electron chi connectivity index (χ2n) is 5.52. The lowest BCUT2D eigenvalue weighted by molar-refractivity contribution is -0.239. The second-order valence-corrected chi connectivity index (χ2v) is 5.52. The Bertz CT molecular complexity index is 502.